The Morgan fingerprint density at radius 3 is 2.33 bits per heavy atom. The Balaban J connectivity index is 0.00000400. The summed E-state index contributed by atoms with van der Waals surface area (Å²) in [5, 5.41) is 10.0. The number of nitrogens with one attached hydrogen (secondary N) is 2. The van der Waals surface area contributed by atoms with Gasteiger partial charge in [0.25, 0.3) is 5.91 Å². The summed E-state index contributed by atoms with van der Waals surface area (Å²) in [7, 11) is 0. The molecule has 0 aliphatic heterocycles. The van der Waals surface area contributed by atoms with Crippen molar-refractivity contribution in [2.24, 2.45) is 11.7 Å². The van der Waals surface area contributed by atoms with Crippen molar-refractivity contribution in [1.82, 2.24) is 15.5 Å². The zero-order chi connectivity index (χ0) is 15.6. The van der Waals surface area contributed by atoms with Crippen molar-refractivity contribution in [3.05, 3.63) is 17.5 Å². The molecule has 0 radical (unpaired) electrons. The number of carbonyl (C=O) groups is 1. The van der Waals surface area contributed by atoms with E-state index < -0.39 is 5.54 Å². The summed E-state index contributed by atoms with van der Waals surface area (Å²) in [5.41, 5.74) is 6.72. The highest BCUT2D eigenvalue weighted by molar-refractivity contribution is 5.92. The minimum atomic E-state index is -0.397. The molecular formula is C15H29ClN4O. The van der Waals surface area contributed by atoms with Gasteiger partial charge in [-0.3, -0.25) is 9.89 Å². The maximum absolute atomic E-state index is 12.3. The van der Waals surface area contributed by atoms with Crippen LogP contribution in [-0.4, -0.2) is 28.2 Å². The summed E-state index contributed by atoms with van der Waals surface area (Å²) in [4.78, 5) is 12.3. The quantitative estimate of drug-likeness (QED) is 0.780. The molecule has 0 aliphatic carbocycles. The van der Waals surface area contributed by atoms with Crippen LogP contribution in [0.4, 0.5) is 0 Å². The molecule has 21 heavy (non-hydrogen) atoms. The number of hydrogen-bond donors (Lipinski definition) is 3. The first kappa shape index (κ1) is 19.9. The van der Waals surface area contributed by atoms with E-state index in [4.69, 9.17) is 5.73 Å². The second-order valence-electron chi connectivity index (χ2n) is 7.23. The van der Waals surface area contributed by atoms with Crippen LogP contribution < -0.4 is 11.1 Å². The van der Waals surface area contributed by atoms with Crippen LogP contribution in [0.1, 0.15) is 64.1 Å². The molecule has 0 fully saturated rings. The monoisotopic (exact) mass is 316 g/mol. The van der Waals surface area contributed by atoms with Crippen LogP contribution in [0.2, 0.25) is 0 Å². The topological polar surface area (TPSA) is 83.8 Å². The summed E-state index contributed by atoms with van der Waals surface area (Å²) < 4.78 is 0. The van der Waals surface area contributed by atoms with Gasteiger partial charge in [-0.2, -0.15) is 5.10 Å². The van der Waals surface area contributed by atoms with Crippen LogP contribution in [-0.2, 0) is 5.41 Å². The largest absolute Gasteiger partial charge is 0.344 e. The minimum absolute atomic E-state index is 0. The Hall–Kier alpha value is -1.07. The lowest BCUT2D eigenvalue weighted by molar-refractivity contribution is 0.0893. The molecule has 0 bridgehead atoms. The van der Waals surface area contributed by atoms with E-state index in [1.54, 1.807) is 0 Å². The fourth-order valence-electron chi connectivity index (χ4n) is 2.25. The molecule has 4 N–H and O–H groups in total. The van der Waals surface area contributed by atoms with E-state index in [1.807, 2.05) is 13.0 Å². The maximum atomic E-state index is 12.3. The van der Waals surface area contributed by atoms with Gasteiger partial charge in [-0.1, -0.05) is 34.6 Å². The highest BCUT2D eigenvalue weighted by atomic mass is 35.5. The van der Waals surface area contributed by atoms with Crippen molar-refractivity contribution in [2.45, 2.75) is 58.9 Å². The van der Waals surface area contributed by atoms with Crippen LogP contribution in [0, 0.1) is 5.92 Å². The van der Waals surface area contributed by atoms with E-state index in [1.165, 1.54) is 0 Å². The molecular weight excluding hydrogens is 288 g/mol. The highest BCUT2D eigenvalue weighted by Gasteiger charge is 2.28. The van der Waals surface area contributed by atoms with E-state index in [2.05, 4.69) is 50.1 Å². The Bertz CT molecular complexity index is 464. The fraction of sp³-hybridized carbons (Fsp3) is 0.733. The van der Waals surface area contributed by atoms with Crippen molar-refractivity contribution in [3.63, 3.8) is 0 Å². The summed E-state index contributed by atoms with van der Waals surface area (Å²) in [5.74, 6) is 0.290. The van der Waals surface area contributed by atoms with Gasteiger partial charge in [0.1, 0.15) is 5.69 Å². The van der Waals surface area contributed by atoms with Crippen molar-refractivity contribution in [2.75, 3.05) is 6.54 Å². The van der Waals surface area contributed by atoms with Crippen molar-refractivity contribution < 1.29 is 4.79 Å². The van der Waals surface area contributed by atoms with Gasteiger partial charge in [0.15, 0.2) is 0 Å². The fourth-order valence-corrected chi connectivity index (χ4v) is 2.25. The van der Waals surface area contributed by atoms with Gasteiger partial charge in [-0.05, 0) is 25.3 Å². The van der Waals surface area contributed by atoms with Gasteiger partial charge in [0.05, 0.1) is 5.54 Å². The number of aromatic amines is 1. The van der Waals surface area contributed by atoms with Crippen LogP contribution in [0.3, 0.4) is 0 Å². The predicted molar refractivity (Wildman–Crippen MR) is 88.9 cm³/mol. The highest BCUT2D eigenvalue weighted by Crippen LogP contribution is 2.21. The third-order valence-electron chi connectivity index (χ3n) is 3.34. The standard InChI is InChI=1S/C15H28N4O.ClH/c1-10(2)8-15(6,9-16)17-13(20)11-7-12(19-18-11)14(3,4)5;/h7,10H,8-9,16H2,1-6H3,(H,17,20)(H,18,19);1H. The van der Waals surface area contributed by atoms with Crippen LogP contribution in [0.15, 0.2) is 6.07 Å². The Labute approximate surface area is 133 Å². The molecule has 0 saturated heterocycles. The number of nitrogens with two attached hydrogens (primary N) is 1. The lowest BCUT2D eigenvalue weighted by atomic mass is 9.90. The zero-order valence-electron chi connectivity index (χ0n) is 13.9. The first-order valence-corrected chi connectivity index (χ1v) is 7.16. The molecule has 1 aromatic rings. The normalized spacial score (nSPS) is 14.5. The van der Waals surface area contributed by atoms with E-state index in [-0.39, 0.29) is 23.7 Å². The lowest BCUT2D eigenvalue weighted by Gasteiger charge is -2.30. The summed E-state index contributed by atoms with van der Waals surface area (Å²) in [6.45, 7) is 12.8. The van der Waals surface area contributed by atoms with Crippen molar-refractivity contribution >= 4 is 18.3 Å². The molecule has 1 unspecified atom stereocenters. The first-order valence-electron chi connectivity index (χ1n) is 7.16. The number of aromatic nitrogens is 2. The van der Waals surface area contributed by atoms with Gasteiger partial charge in [0.2, 0.25) is 0 Å². The Morgan fingerprint density at radius 2 is 1.95 bits per heavy atom. The average Bonchev–Trinajstić information content (AvgIpc) is 2.76. The molecule has 6 heteroatoms. The molecule has 1 heterocycles. The SMILES string of the molecule is CC(C)CC(C)(CN)NC(=O)c1cc(C(C)(C)C)[nH]n1.Cl. The maximum Gasteiger partial charge on any atom is 0.272 e. The molecule has 0 aromatic carbocycles. The predicted octanol–water partition coefficient (Wildman–Crippen LogP) is 2.62. The molecule has 0 saturated carbocycles. The van der Waals surface area contributed by atoms with Crippen LogP contribution in [0.25, 0.3) is 0 Å². The Kier molecular flexibility index (Phi) is 6.90. The number of nitrogens with zero attached hydrogens (tertiary/aromatic N) is 1. The minimum Gasteiger partial charge on any atom is -0.344 e. The molecule has 1 rings (SSSR count). The number of carbonyl (C=O) groups excluding carboxylic acids is 1. The van der Waals surface area contributed by atoms with Gasteiger partial charge in [-0.25, -0.2) is 0 Å². The summed E-state index contributed by atoms with van der Waals surface area (Å²) >= 11 is 0. The van der Waals surface area contributed by atoms with E-state index in [9.17, 15) is 4.79 Å². The van der Waals surface area contributed by atoms with Crippen molar-refractivity contribution in [3.8, 4) is 0 Å². The van der Waals surface area contributed by atoms with Crippen LogP contribution in [0.5, 0.6) is 0 Å². The van der Waals surface area contributed by atoms with E-state index in [0.29, 0.717) is 18.2 Å². The number of rotatable bonds is 5. The number of amides is 1. The summed E-state index contributed by atoms with van der Waals surface area (Å²) in [6, 6.07) is 1.81. The van der Waals surface area contributed by atoms with E-state index in [0.717, 1.165) is 12.1 Å². The average molecular weight is 317 g/mol. The van der Waals surface area contributed by atoms with Gasteiger partial charge < -0.3 is 11.1 Å². The summed E-state index contributed by atoms with van der Waals surface area (Å²) in [6.07, 6.45) is 0.839. The number of hydrogen-bond acceptors (Lipinski definition) is 3. The first-order chi connectivity index (χ1) is 9.07. The molecule has 5 nitrogen and oxygen atoms in total. The molecule has 1 amide bonds. The van der Waals surface area contributed by atoms with Gasteiger partial charge >= 0.3 is 0 Å². The molecule has 122 valence electrons. The smallest absolute Gasteiger partial charge is 0.272 e. The third kappa shape index (κ3) is 5.67. The molecule has 0 spiro atoms. The van der Waals surface area contributed by atoms with Crippen molar-refractivity contribution in [1.29, 1.82) is 0 Å². The lowest BCUT2D eigenvalue weighted by Crippen LogP contribution is -2.52. The van der Waals surface area contributed by atoms with Crippen LogP contribution >= 0.6 is 12.4 Å². The van der Waals surface area contributed by atoms with Gasteiger partial charge in [-0.15, -0.1) is 12.4 Å². The zero-order valence-corrected chi connectivity index (χ0v) is 14.7. The molecule has 0 aliphatic rings. The van der Waals surface area contributed by atoms with Gasteiger partial charge in [0, 0.05) is 17.7 Å². The molecule has 1 aromatic heterocycles. The number of H-pyrrole nitrogens is 1. The van der Waals surface area contributed by atoms with E-state index >= 15 is 0 Å². The second-order valence-corrected chi connectivity index (χ2v) is 7.23. The third-order valence-corrected chi connectivity index (χ3v) is 3.34. The Morgan fingerprint density at radius 1 is 1.38 bits per heavy atom. The second kappa shape index (κ2) is 7.27. The number of halogens is 1. The molecule has 1 atom stereocenters.